The monoisotopic (exact) mass is 808 g/mol. The molecule has 0 bridgehead atoms. The smallest absolute Gasteiger partial charge is 0.164 e. The minimum atomic E-state index is 0.617. The van der Waals surface area contributed by atoms with E-state index in [4.69, 9.17) is 15.0 Å². The maximum Gasteiger partial charge on any atom is 0.164 e. The van der Waals surface area contributed by atoms with Crippen molar-refractivity contribution in [3.63, 3.8) is 0 Å². The van der Waals surface area contributed by atoms with Crippen molar-refractivity contribution < 1.29 is 0 Å². The van der Waals surface area contributed by atoms with E-state index >= 15 is 0 Å². The lowest BCUT2D eigenvalue weighted by Crippen LogP contribution is -2.01. The van der Waals surface area contributed by atoms with Crippen molar-refractivity contribution >= 4 is 53.3 Å². The number of hydrogen-bond donors (Lipinski definition) is 0. The maximum atomic E-state index is 5.35. The van der Waals surface area contributed by atoms with E-state index in [2.05, 4.69) is 205 Å². The van der Waals surface area contributed by atoms with Crippen LogP contribution in [0.25, 0.3) is 115 Å². The first-order valence-corrected chi connectivity index (χ1v) is 21.7. The Labute approximate surface area is 362 Å². The summed E-state index contributed by atoms with van der Waals surface area (Å²) < 4.78 is 4.88. The van der Waals surface area contributed by atoms with E-state index in [0.29, 0.717) is 17.5 Å². The molecule has 0 atom stereocenters. The molecule has 0 aliphatic heterocycles. The largest absolute Gasteiger partial charge is 0.309 e. The maximum absolute atomic E-state index is 5.35. The molecule has 0 radical (unpaired) electrons. The van der Waals surface area contributed by atoms with Gasteiger partial charge < -0.3 is 4.57 Å². The summed E-state index contributed by atoms with van der Waals surface area (Å²) in [4.78, 5) is 15.8. The quantitative estimate of drug-likeness (QED) is 0.161. The molecule has 4 nitrogen and oxygen atoms in total. The minimum absolute atomic E-state index is 0.617. The van der Waals surface area contributed by atoms with Crippen LogP contribution in [-0.2, 0) is 0 Å². The molecule has 0 fully saturated rings. The molecule has 0 unspecified atom stereocenters. The SMILES string of the molecule is c1ccc(-c2cc(-c3nc(-c4ccccc4)nc(-c4ccc5c6ccccc6n(-c6ccccc6)c5c4)n3)cc(-c3cccc4c3sc3c(-c5ccccc5)cccc34)c2)cc1. The van der Waals surface area contributed by atoms with Gasteiger partial charge in [-0.25, -0.2) is 15.0 Å². The van der Waals surface area contributed by atoms with Crippen molar-refractivity contribution in [1.29, 1.82) is 0 Å². The van der Waals surface area contributed by atoms with Crippen LogP contribution in [0.2, 0.25) is 0 Å². The summed E-state index contributed by atoms with van der Waals surface area (Å²) in [6.07, 6.45) is 0. The third kappa shape index (κ3) is 6.18. The molecular weight excluding hydrogens is 773 g/mol. The average Bonchev–Trinajstić information content (AvgIpc) is 3.91. The topological polar surface area (TPSA) is 43.6 Å². The number of fused-ring (bicyclic) bond motifs is 6. The molecule has 0 N–H and O–H groups in total. The number of thiophene rings is 1. The zero-order chi connectivity index (χ0) is 41.0. The van der Waals surface area contributed by atoms with Crippen molar-refractivity contribution in [3.05, 3.63) is 218 Å². The Kier molecular flexibility index (Phi) is 8.65. The zero-order valence-electron chi connectivity index (χ0n) is 33.5. The van der Waals surface area contributed by atoms with Crippen LogP contribution in [0, 0.1) is 0 Å². The fourth-order valence-electron chi connectivity index (χ4n) is 8.92. The first-order chi connectivity index (χ1) is 30.7. The first-order valence-electron chi connectivity index (χ1n) is 20.8. The Balaban J connectivity index is 1.08. The molecule has 0 spiro atoms. The zero-order valence-corrected chi connectivity index (χ0v) is 34.3. The Hall–Kier alpha value is -7.99. The van der Waals surface area contributed by atoms with Crippen molar-refractivity contribution in [1.82, 2.24) is 19.5 Å². The third-order valence-electron chi connectivity index (χ3n) is 11.8. The highest BCUT2D eigenvalue weighted by Crippen LogP contribution is 2.45. The van der Waals surface area contributed by atoms with Gasteiger partial charge in [-0.15, -0.1) is 11.3 Å². The van der Waals surface area contributed by atoms with Gasteiger partial charge >= 0.3 is 0 Å². The van der Waals surface area contributed by atoms with E-state index in [9.17, 15) is 0 Å². The predicted molar refractivity (Wildman–Crippen MR) is 260 cm³/mol. The van der Waals surface area contributed by atoms with Gasteiger partial charge in [0.25, 0.3) is 0 Å². The molecule has 0 aliphatic carbocycles. The van der Waals surface area contributed by atoms with Gasteiger partial charge in [-0.1, -0.05) is 176 Å². The van der Waals surface area contributed by atoms with Crippen LogP contribution in [0.3, 0.4) is 0 Å². The van der Waals surface area contributed by atoms with Crippen molar-refractivity contribution in [3.8, 4) is 73.2 Å². The van der Waals surface area contributed by atoms with Crippen LogP contribution in [0.4, 0.5) is 0 Å². The molecule has 3 aromatic heterocycles. The van der Waals surface area contributed by atoms with E-state index in [0.717, 1.165) is 50.1 Å². The van der Waals surface area contributed by atoms with E-state index in [1.165, 1.54) is 47.6 Å². The molecule has 290 valence electrons. The lowest BCUT2D eigenvalue weighted by Gasteiger charge is -2.13. The molecule has 5 heteroatoms. The number of benzene rings is 9. The molecule has 3 heterocycles. The highest BCUT2D eigenvalue weighted by molar-refractivity contribution is 7.26. The van der Waals surface area contributed by atoms with Gasteiger partial charge in [0.05, 0.1) is 11.0 Å². The molecule has 0 aliphatic rings. The van der Waals surface area contributed by atoms with E-state index in [1.54, 1.807) is 0 Å². The van der Waals surface area contributed by atoms with Gasteiger partial charge in [0.1, 0.15) is 0 Å². The molecular formula is C57H36N4S. The number of hydrogen-bond acceptors (Lipinski definition) is 4. The summed E-state index contributed by atoms with van der Waals surface area (Å²) in [6.45, 7) is 0. The van der Waals surface area contributed by atoms with Crippen LogP contribution in [0.5, 0.6) is 0 Å². The minimum Gasteiger partial charge on any atom is -0.309 e. The molecule has 0 saturated heterocycles. The Morgan fingerprint density at radius 3 is 1.45 bits per heavy atom. The van der Waals surface area contributed by atoms with E-state index in [-0.39, 0.29) is 0 Å². The van der Waals surface area contributed by atoms with Gasteiger partial charge in [-0.3, -0.25) is 0 Å². The molecule has 12 aromatic rings. The highest BCUT2D eigenvalue weighted by atomic mass is 32.1. The predicted octanol–water partition coefficient (Wildman–Crippen LogP) is 15.3. The lowest BCUT2D eigenvalue weighted by molar-refractivity contribution is 1.07. The third-order valence-corrected chi connectivity index (χ3v) is 13.1. The summed E-state index contributed by atoms with van der Waals surface area (Å²) in [5, 5.41) is 4.90. The molecule has 62 heavy (non-hydrogen) atoms. The summed E-state index contributed by atoms with van der Waals surface area (Å²) in [6, 6.07) is 77.4. The van der Waals surface area contributed by atoms with Crippen LogP contribution in [0.1, 0.15) is 0 Å². The summed E-state index contributed by atoms with van der Waals surface area (Å²) in [5.74, 6) is 1.86. The summed E-state index contributed by atoms with van der Waals surface area (Å²) in [7, 11) is 0. The molecule has 12 rings (SSSR count). The highest BCUT2D eigenvalue weighted by Gasteiger charge is 2.19. The average molecular weight is 809 g/mol. The molecule has 0 saturated carbocycles. The fourth-order valence-corrected chi connectivity index (χ4v) is 10.3. The fraction of sp³-hybridized carbons (Fsp3) is 0. The molecule has 0 amide bonds. The second kappa shape index (κ2) is 14.9. The van der Waals surface area contributed by atoms with Gasteiger partial charge in [-0.2, -0.15) is 0 Å². The van der Waals surface area contributed by atoms with E-state index in [1.807, 2.05) is 29.5 Å². The lowest BCUT2D eigenvalue weighted by atomic mass is 9.94. The van der Waals surface area contributed by atoms with Gasteiger partial charge in [-0.05, 0) is 75.8 Å². The summed E-state index contributed by atoms with van der Waals surface area (Å²) in [5.41, 5.74) is 13.1. The van der Waals surface area contributed by atoms with Gasteiger partial charge in [0, 0.05) is 53.3 Å². The number of para-hydroxylation sites is 2. The van der Waals surface area contributed by atoms with Crippen LogP contribution < -0.4 is 0 Å². The normalized spacial score (nSPS) is 11.5. The van der Waals surface area contributed by atoms with Crippen LogP contribution >= 0.6 is 11.3 Å². The number of aromatic nitrogens is 4. The van der Waals surface area contributed by atoms with Crippen molar-refractivity contribution in [2.24, 2.45) is 0 Å². The van der Waals surface area contributed by atoms with Crippen molar-refractivity contribution in [2.45, 2.75) is 0 Å². The number of nitrogens with zero attached hydrogens (tertiary/aromatic N) is 4. The Morgan fingerprint density at radius 1 is 0.290 bits per heavy atom. The van der Waals surface area contributed by atoms with E-state index < -0.39 is 0 Å². The summed E-state index contributed by atoms with van der Waals surface area (Å²) >= 11 is 1.87. The standard InChI is InChI=1S/C57H36N4S/c1-5-17-37(18-6-1)41-33-42(46-27-16-29-50-49-28-15-26-45(53(49)62-54(46)50)38-19-7-2-8-20-38)35-43(34-41)57-59-55(39-21-9-3-10-22-39)58-56(60-57)40-31-32-48-47-25-13-14-30-51(47)61(52(48)36-40)44-23-11-4-12-24-44/h1-36H. The Morgan fingerprint density at radius 2 is 0.774 bits per heavy atom. The number of rotatable bonds is 7. The first kappa shape index (κ1) is 35.9. The van der Waals surface area contributed by atoms with Crippen molar-refractivity contribution in [2.75, 3.05) is 0 Å². The van der Waals surface area contributed by atoms with Crippen LogP contribution in [-0.4, -0.2) is 19.5 Å². The van der Waals surface area contributed by atoms with Gasteiger partial charge in [0.2, 0.25) is 0 Å². The Bertz CT molecular complexity index is 3610. The van der Waals surface area contributed by atoms with Crippen LogP contribution in [0.15, 0.2) is 218 Å². The molecule has 9 aromatic carbocycles. The second-order valence-corrected chi connectivity index (χ2v) is 16.6. The second-order valence-electron chi connectivity index (χ2n) is 15.6. The van der Waals surface area contributed by atoms with Gasteiger partial charge in [0.15, 0.2) is 17.5 Å².